The van der Waals surface area contributed by atoms with Crippen LogP contribution in [-0.4, -0.2) is 38.2 Å². The first-order chi connectivity index (χ1) is 9.93. The summed E-state index contributed by atoms with van der Waals surface area (Å²) in [6.07, 6.45) is 0.118. The smallest absolute Gasteiger partial charge is 0.327 e. The number of carbonyl (C=O) groups is 1. The summed E-state index contributed by atoms with van der Waals surface area (Å²) >= 11 is 1.11. The number of fused-ring (bicyclic) bond motifs is 1. The lowest BCUT2D eigenvalue weighted by molar-refractivity contribution is -0.144. The van der Waals surface area contributed by atoms with Crippen LogP contribution in [0.3, 0.4) is 0 Å². The minimum Gasteiger partial charge on any atom is -0.480 e. The minimum absolute atomic E-state index is 0.108. The van der Waals surface area contributed by atoms with Crippen LogP contribution in [0.25, 0.3) is 10.1 Å². The fourth-order valence-electron chi connectivity index (χ4n) is 2.26. The lowest BCUT2D eigenvalue weighted by Gasteiger charge is -2.22. The molecule has 21 heavy (non-hydrogen) atoms. The van der Waals surface area contributed by atoms with Crippen molar-refractivity contribution in [2.75, 3.05) is 13.2 Å². The van der Waals surface area contributed by atoms with Crippen LogP contribution < -0.4 is 4.72 Å². The number of rotatable bonds is 4. The number of hydrogen-bond acceptors (Lipinski definition) is 5. The van der Waals surface area contributed by atoms with Crippen molar-refractivity contribution in [1.29, 1.82) is 0 Å². The van der Waals surface area contributed by atoms with Crippen LogP contribution in [-0.2, 0) is 19.6 Å². The molecule has 0 spiro atoms. The Bertz CT molecular complexity index is 757. The molecule has 2 N–H and O–H groups in total. The molecule has 1 fully saturated rings. The van der Waals surface area contributed by atoms with E-state index in [1.807, 2.05) is 24.3 Å². The molecule has 1 aromatic carbocycles. The number of aliphatic carboxylic acids is 1. The molecule has 112 valence electrons. The molecule has 0 aliphatic carbocycles. The van der Waals surface area contributed by atoms with Gasteiger partial charge < -0.3 is 9.84 Å². The van der Waals surface area contributed by atoms with Crippen LogP contribution in [0, 0.1) is 0 Å². The molecule has 2 aromatic rings. The average Bonchev–Trinajstić information content (AvgIpc) is 3.05. The first-order valence-corrected chi connectivity index (χ1v) is 8.57. The predicted octanol–water partition coefficient (Wildman–Crippen LogP) is 1.42. The largest absolute Gasteiger partial charge is 0.480 e. The fraction of sp³-hybridized carbons (Fsp3) is 0.308. The van der Waals surface area contributed by atoms with Gasteiger partial charge in [0.2, 0.25) is 0 Å². The van der Waals surface area contributed by atoms with Gasteiger partial charge in [0.05, 0.1) is 6.61 Å². The molecule has 6 nitrogen and oxygen atoms in total. The van der Waals surface area contributed by atoms with E-state index in [2.05, 4.69) is 4.72 Å². The number of carboxylic acid groups (broad SMARTS) is 1. The van der Waals surface area contributed by atoms with Gasteiger partial charge in [-0.1, -0.05) is 18.2 Å². The summed E-state index contributed by atoms with van der Waals surface area (Å²) in [6, 6.07) is 8.84. The van der Waals surface area contributed by atoms with E-state index in [4.69, 9.17) is 4.74 Å². The van der Waals surface area contributed by atoms with E-state index < -0.39 is 21.5 Å². The second kappa shape index (κ2) is 5.06. The van der Waals surface area contributed by atoms with Crippen molar-refractivity contribution in [3.63, 3.8) is 0 Å². The Kier molecular flexibility index (Phi) is 3.48. The van der Waals surface area contributed by atoms with Gasteiger partial charge in [0.1, 0.15) is 4.21 Å². The molecule has 0 amide bonds. The predicted molar refractivity (Wildman–Crippen MR) is 77.9 cm³/mol. The summed E-state index contributed by atoms with van der Waals surface area (Å²) < 4.78 is 33.2. The number of nitrogens with one attached hydrogen (secondary N) is 1. The molecule has 1 aliphatic heterocycles. The third-order valence-corrected chi connectivity index (χ3v) is 6.55. The summed E-state index contributed by atoms with van der Waals surface area (Å²) in [7, 11) is -3.90. The van der Waals surface area contributed by atoms with Crippen LogP contribution in [0.15, 0.2) is 34.5 Å². The van der Waals surface area contributed by atoms with Gasteiger partial charge in [0.15, 0.2) is 5.54 Å². The van der Waals surface area contributed by atoms with Gasteiger partial charge in [-0.15, -0.1) is 11.3 Å². The summed E-state index contributed by atoms with van der Waals surface area (Å²) in [5.41, 5.74) is -1.57. The highest BCUT2D eigenvalue weighted by Crippen LogP contribution is 2.30. The van der Waals surface area contributed by atoms with Crippen molar-refractivity contribution in [2.45, 2.75) is 16.2 Å². The monoisotopic (exact) mass is 327 g/mol. The van der Waals surface area contributed by atoms with Gasteiger partial charge in [0.25, 0.3) is 10.0 Å². The van der Waals surface area contributed by atoms with Gasteiger partial charge in [-0.2, -0.15) is 4.72 Å². The van der Waals surface area contributed by atoms with E-state index in [-0.39, 0.29) is 23.8 Å². The highest BCUT2D eigenvalue weighted by atomic mass is 32.2. The number of benzene rings is 1. The molecule has 1 saturated heterocycles. The van der Waals surface area contributed by atoms with Crippen LogP contribution in [0.4, 0.5) is 0 Å². The first-order valence-electron chi connectivity index (χ1n) is 6.27. The normalized spacial score (nSPS) is 22.7. The number of carboxylic acids is 1. The minimum atomic E-state index is -3.90. The number of hydrogen-bond donors (Lipinski definition) is 2. The number of thiophene rings is 1. The molecule has 1 unspecified atom stereocenters. The quantitative estimate of drug-likeness (QED) is 0.886. The van der Waals surface area contributed by atoms with Gasteiger partial charge in [-0.05, 0) is 17.5 Å². The third-order valence-electron chi connectivity index (χ3n) is 3.43. The molecular weight excluding hydrogens is 314 g/mol. The maximum absolute atomic E-state index is 12.4. The Morgan fingerprint density at radius 3 is 2.76 bits per heavy atom. The van der Waals surface area contributed by atoms with Crippen molar-refractivity contribution in [3.05, 3.63) is 30.3 Å². The topological polar surface area (TPSA) is 92.7 Å². The van der Waals surface area contributed by atoms with Gasteiger partial charge in [-0.25, -0.2) is 8.42 Å². The standard InChI is InChI=1S/C13H13NO5S2/c15-12(16)13(5-6-19-8-13)14-21(17,18)11-7-9-3-1-2-4-10(9)20-11/h1-4,7,14H,5-6,8H2,(H,15,16). The van der Waals surface area contributed by atoms with E-state index in [0.29, 0.717) is 0 Å². The molecule has 2 heterocycles. The lowest BCUT2D eigenvalue weighted by atomic mass is 10.0. The molecular formula is C13H13NO5S2. The van der Waals surface area contributed by atoms with Crippen LogP contribution in [0.5, 0.6) is 0 Å². The SMILES string of the molecule is O=C(O)C1(NS(=O)(=O)c2cc3ccccc3s2)CCOC1. The van der Waals surface area contributed by atoms with Gasteiger partial charge >= 0.3 is 5.97 Å². The molecule has 0 saturated carbocycles. The van der Waals surface area contributed by atoms with Crippen LogP contribution >= 0.6 is 11.3 Å². The summed E-state index contributed by atoms with van der Waals surface area (Å²) in [5.74, 6) is -1.22. The maximum Gasteiger partial charge on any atom is 0.327 e. The van der Waals surface area contributed by atoms with E-state index in [1.54, 1.807) is 6.07 Å². The fourth-order valence-corrected chi connectivity index (χ4v) is 5.03. The van der Waals surface area contributed by atoms with Crippen molar-refractivity contribution in [1.82, 2.24) is 4.72 Å². The highest BCUT2D eigenvalue weighted by Gasteiger charge is 2.46. The van der Waals surface area contributed by atoms with Crippen molar-refractivity contribution < 1.29 is 23.1 Å². The van der Waals surface area contributed by atoms with Gasteiger partial charge in [-0.3, -0.25) is 4.79 Å². The highest BCUT2D eigenvalue weighted by molar-refractivity contribution is 7.91. The molecule has 0 radical (unpaired) electrons. The molecule has 0 bridgehead atoms. The van der Waals surface area contributed by atoms with Crippen molar-refractivity contribution in [3.8, 4) is 0 Å². The van der Waals surface area contributed by atoms with Crippen LogP contribution in [0.2, 0.25) is 0 Å². The molecule has 8 heteroatoms. The lowest BCUT2D eigenvalue weighted by Crippen LogP contribution is -2.54. The molecule has 3 rings (SSSR count). The Hall–Kier alpha value is -1.48. The number of ether oxygens (including phenoxy) is 1. The van der Waals surface area contributed by atoms with E-state index in [9.17, 15) is 18.3 Å². The summed E-state index contributed by atoms with van der Waals surface area (Å²) in [5, 5.41) is 10.1. The zero-order chi connectivity index (χ0) is 15.1. The first kappa shape index (κ1) is 14.5. The van der Waals surface area contributed by atoms with E-state index >= 15 is 0 Å². The Morgan fingerprint density at radius 1 is 1.38 bits per heavy atom. The maximum atomic E-state index is 12.4. The summed E-state index contributed by atoms with van der Waals surface area (Å²) in [6.45, 7) is 0.0632. The molecule has 1 aliphatic rings. The third kappa shape index (κ3) is 2.55. The zero-order valence-electron chi connectivity index (χ0n) is 10.9. The average molecular weight is 327 g/mol. The molecule has 1 atom stereocenters. The van der Waals surface area contributed by atoms with Crippen molar-refractivity contribution in [2.24, 2.45) is 0 Å². The Labute approximate surface area is 125 Å². The van der Waals surface area contributed by atoms with E-state index in [1.165, 1.54) is 0 Å². The summed E-state index contributed by atoms with van der Waals surface area (Å²) in [4.78, 5) is 11.4. The zero-order valence-corrected chi connectivity index (χ0v) is 12.5. The Morgan fingerprint density at radius 2 is 2.14 bits per heavy atom. The van der Waals surface area contributed by atoms with Gasteiger partial charge in [0, 0.05) is 17.7 Å². The second-order valence-electron chi connectivity index (χ2n) is 4.90. The Balaban J connectivity index is 1.98. The number of sulfonamides is 1. The van der Waals surface area contributed by atoms with Crippen molar-refractivity contribution >= 4 is 37.4 Å². The van der Waals surface area contributed by atoms with Crippen LogP contribution in [0.1, 0.15) is 6.42 Å². The van der Waals surface area contributed by atoms with E-state index in [0.717, 1.165) is 21.4 Å². The molecule has 1 aromatic heterocycles. The second-order valence-corrected chi connectivity index (χ2v) is 7.89.